The maximum absolute atomic E-state index is 5.39. The fraction of sp³-hybridized carbons (Fsp3) is 0.636. The number of aromatic nitrogens is 2. The van der Waals surface area contributed by atoms with E-state index in [9.17, 15) is 0 Å². The molecule has 4 nitrogen and oxygen atoms in total. The van der Waals surface area contributed by atoms with Crippen molar-refractivity contribution in [2.75, 3.05) is 18.5 Å². The van der Waals surface area contributed by atoms with Gasteiger partial charge in [0, 0.05) is 18.5 Å². The average molecular weight is 209 g/mol. The Balaban J connectivity index is 2.97. The number of anilines is 1. The van der Waals surface area contributed by atoms with Gasteiger partial charge in [0.05, 0.1) is 6.61 Å². The predicted molar refractivity (Wildman–Crippen MR) is 61.5 cm³/mol. The lowest BCUT2D eigenvalue weighted by Crippen LogP contribution is -2.06. The van der Waals surface area contributed by atoms with Crippen molar-refractivity contribution in [1.29, 1.82) is 0 Å². The van der Waals surface area contributed by atoms with E-state index in [1.807, 2.05) is 19.9 Å². The molecule has 1 N–H and O–H groups in total. The Hall–Kier alpha value is -1.32. The molecular weight excluding hydrogens is 190 g/mol. The number of hydrogen-bond acceptors (Lipinski definition) is 4. The van der Waals surface area contributed by atoms with Gasteiger partial charge in [0.15, 0.2) is 0 Å². The van der Waals surface area contributed by atoms with Crippen LogP contribution in [0, 0.1) is 0 Å². The van der Waals surface area contributed by atoms with Gasteiger partial charge in [0.25, 0.3) is 0 Å². The molecule has 0 saturated carbocycles. The van der Waals surface area contributed by atoms with Gasteiger partial charge in [-0.1, -0.05) is 13.8 Å². The first-order valence-electron chi connectivity index (χ1n) is 5.43. The summed E-state index contributed by atoms with van der Waals surface area (Å²) in [5.41, 5.74) is 0. The van der Waals surface area contributed by atoms with Crippen molar-refractivity contribution in [2.24, 2.45) is 0 Å². The topological polar surface area (TPSA) is 47.0 Å². The van der Waals surface area contributed by atoms with Crippen molar-refractivity contribution < 1.29 is 4.74 Å². The van der Waals surface area contributed by atoms with E-state index in [4.69, 9.17) is 4.74 Å². The first-order chi connectivity index (χ1) is 7.17. The second-order valence-electron chi connectivity index (χ2n) is 3.57. The van der Waals surface area contributed by atoms with Crippen molar-refractivity contribution in [3.8, 4) is 5.88 Å². The van der Waals surface area contributed by atoms with Gasteiger partial charge in [-0.2, -0.15) is 4.98 Å². The molecule has 0 atom stereocenters. The quantitative estimate of drug-likeness (QED) is 0.809. The van der Waals surface area contributed by atoms with Crippen LogP contribution in [0.5, 0.6) is 5.88 Å². The maximum Gasteiger partial charge on any atom is 0.218 e. The summed E-state index contributed by atoms with van der Waals surface area (Å²) in [6.07, 6.45) is 0. The molecule has 1 heterocycles. The summed E-state index contributed by atoms with van der Waals surface area (Å²) in [6, 6.07) is 1.83. The van der Waals surface area contributed by atoms with Gasteiger partial charge in [-0.3, -0.25) is 0 Å². The molecular formula is C11H19N3O. The van der Waals surface area contributed by atoms with Crippen LogP contribution < -0.4 is 10.1 Å². The van der Waals surface area contributed by atoms with E-state index < -0.39 is 0 Å². The third-order valence-electron chi connectivity index (χ3n) is 1.89. The summed E-state index contributed by atoms with van der Waals surface area (Å²) in [7, 11) is 0. The van der Waals surface area contributed by atoms with Crippen LogP contribution in [0.25, 0.3) is 0 Å². The lowest BCUT2D eigenvalue weighted by atomic mass is 10.2. The Bertz CT molecular complexity index is 288. The molecule has 0 aliphatic rings. The van der Waals surface area contributed by atoms with Gasteiger partial charge >= 0.3 is 0 Å². The van der Waals surface area contributed by atoms with Crippen LogP contribution in [-0.4, -0.2) is 23.1 Å². The van der Waals surface area contributed by atoms with Gasteiger partial charge in [-0.15, -0.1) is 0 Å². The Kier molecular flexibility index (Phi) is 4.34. The second kappa shape index (κ2) is 5.53. The van der Waals surface area contributed by atoms with E-state index in [-0.39, 0.29) is 0 Å². The molecule has 0 amide bonds. The van der Waals surface area contributed by atoms with Crippen LogP contribution in [0.3, 0.4) is 0 Å². The minimum Gasteiger partial charge on any atom is -0.478 e. The zero-order chi connectivity index (χ0) is 11.3. The molecule has 0 spiro atoms. The molecule has 0 aromatic carbocycles. The molecule has 0 fully saturated rings. The normalized spacial score (nSPS) is 10.5. The summed E-state index contributed by atoms with van der Waals surface area (Å²) in [5, 5.41) is 3.17. The lowest BCUT2D eigenvalue weighted by molar-refractivity contribution is 0.324. The summed E-state index contributed by atoms with van der Waals surface area (Å²) in [4.78, 5) is 8.73. The molecule has 0 radical (unpaired) electrons. The zero-order valence-electron chi connectivity index (χ0n) is 9.87. The Morgan fingerprint density at radius 2 is 2.07 bits per heavy atom. The molecule has 0 unspecified atom stereocenters. The van der Waals surface area contributed by atoms with Crippen LogP contribution in [0.1, 0.15) is 39.4 Å². The zero-order valence-corrected chi connectivity index (χ0v) is 9.87. The van der Waals surface area contributed by atoms with Crippen LogP contribution in [-0.2, 0) is 0 Å². The molecule has 0 aliphatic heterocycles. The summed E-state index contributed by atoms with van der Waals surface area (Å²) >= 11 is 0. The molecule has 4 heteroatoms. The maximum atomic E-state index is 5.39. The van der Waals surface area contributed by atoms with Crippen LogP contribution in [0.4, 0.5) is 5.82 Å². The average Bonchev–Trinajstić information content (AvgIpc) is 2.18. The third kappa shape index (κ3) is 3.38. The van der Waals surface area contributed by atoms with E-state index >= 15 is 0 Å². The van der Waals surface area contributed by atoms with Gasteiger partial charge in [0.2, 0.25) is 5.88 Å². The fourth-order valence-corrected chi connectivity index (χ4v) is 1.19. The van der Waals surface area contributed by atoms with Crippen molar-refractivity contribution in [1.82, 2.24) is 9.97 Å². The van der Waals surface area contributed by atoms with Gasteiger partial charge < -0.3 is 10.1 Å². The second-order valence-corrected chi connectivity index (χ2v) is 3.57. The molecule has 1 aromatic rings. The smallest absolute Gasteiger partial charge is 0.218 e. The van der Waals surface area contributed by atoms with E-state index in [1.54, 1.807) is 0 Å². The van der Waals surface area contributed by atoms with Gasteiger partial charge in [-0.05, 0) is 13.8 Å². The minimum absolute atomic E-state index is 0.308. The fourth-order valence-electron chi connectivity index (χ4n) is 1.19. The van der Waals surface area contributed by atoms with E-state index in [0.29, 0.717) is 18.4 Å². The Morgan fingerprint density at radius 1 is 1.33 bits per heavy atom. The number of nitrogens with zero attached hydrogens (tertiary/aromatic N) is 2. The first kappa shape index (κ1) is 11.8. The molecule has 1 aromatic heterocycles. The Labute approximate surface area is 91.1 Å². The molecule has 1 rings (SSSR count). The summed E-state index contributed by atoms with van der Waals surface area (Å²) in [6.45, 7) is 9.60. The molecule has 0 bridgehead atoms. The van der Waals surface area contributed by atoms with Gasteiger partial charge in [0.1, 0.15) is 11.6 Å². The van der Waals surface area contributed by atoms with E-state index in [2.05, 4.69) is 29.1 Å². The standard InChI is InChI=1S/C11H19N3O/c1-5-12-9-7-10(15-6-2)14-11(13-9)8(3)4/h7-8H,5-6H2,1-4H3,(H,12,13,14). The van der Waals surface area contributed by atoms with Crippen molar-refractivity contribution in [2.45, 2.75) is 33.6 Å². The highest BCUT2D eigenvalue weighted by atomic mass is 16.5. The van der Waals surface area contributed by atoms with E-state index in [0.717, 1.165) is 18.2 Å². The number of nitrogens with one attached hydrogen (secondary N) is 1. The minimum atomic E-state index is 0.308. The van der Waals surface area contributed by atoms with Crippen LogP contribution >= 0.6 is 0 Å². The van der Waals surface area contributed by atoms with E-state index in [1.165, 1.54) is 0 Å². The van der Waals surface area contributed by atoms with Gasteiger partial charge in [-0.25, -0.2) is 4.98 Å². The SMILES string of the molecule is CCNc1cc(OCC)nc(C(C)C)n1. The highest BCUT2D eigenvalue weighted by Crippen LogP contribution is 2.18. The van der Waals surface area contributed by atoms with Crippen molar-refractivity contribution in [3.05, 3.63) is 11.9 Å². The van der Waals surface area contributed by atoms with Crippen molar-refractivity contribution in [3.63, 3.8) is 0 Å². The largest absolute Gasteiger partial charge is 0.478 e. The number of rotatable bonds is 5. The highest BCUT2D eigenvalue weighted by molar-refractivity contribution is 5.38. The molecule has 0 saturated heterocycles. The van der Waals surface area contributed by atoms with Crippen LogP contribution in [0.2, 0.25) is 0 Å². The monoisotopic (exact) mass is 209 g/mol. The predicted octanol–water partition coefficient (Wildman–Crippen LogP) is 2.43. The summed E-state index contributed by atoms with van der Waals surface area (Å²) in [5.74, 6) is 2.60. The number of ether oxygens (including phenoxy) is 1. The number of hydrogen-bond donors (Lipinski definition) is 1. The molecule has 84 valence electrons. The molecule has 15 heavy (non-hydrogen) atoms. The van der Waals surface area contributed by atoms with Crippen molar-refractivity contribution >= 4 is 5.82 Å². The molecule has 0 aliphatic carbocycles. The lowest BCUT2D eigenvalue weighted by Gasteiger charge is -2.10. The first-order valence-corrected chi connectivity index (χ1v) is 5.43. The Morgan fingerprint density at radius 3 is 2.60 bits per heavy atom. The third-order valence-corrected chi connectivity index (χ3v) is 1.89. The summed E-state index contributed by atoms with van der Waals surface area (Å²) < 4.78 is 5.39. The highest BCUT2D eigenvalue weighted by Gasteiger charge is 2.07. The van der Waals surface area contributed by atoms with Crippen LogP contribution in [0.15, 0.2) is 6.07 Å².